The molecule has 1 aliphatic heterocycles. The predicted octanol–water partition coefficient (Wildman–Crippen LogP) is 4.16. The highest BCUT2D eigenvalue weighted by atomic mass is 32.2. The lowest BCUT2D eigenvalue weighted by molar-refractivity contribution is 0.0545. The summed E-state index contributed by atoms with van der Waals surface area (Å²) in [6, 6.07) is 14.1. The van der Waals surface area contributed by atoms with Crippen molar-refractivity contribution in [1.82, 2.24) is 5.32 Å². The van der Waals surface area contributed by atoms with Gasteiger partial charge in [0, 0.05) is 12.1 Å². The molecule has 2 aromatic carbocycles. The molecular weight excluding hydrogens is 388 g/mol. The number of rotatable bonds is 3. The lowest BCUT2D eigenvalue weighted by Crippen LogP contribution is -2.33. The van der Waals surface area contributed by atoms with Gasteiger partial charge in [0.1, 0.15) is 5.60 Å². The molecule has 6 nitrogen and oxygen atoms in total. The summed E-state index contributed by atoms with van der Waals surface area (Å²) in [7, 11) is -3.75. The van der Waals surface area contributed by atoms with E-state index in [4.69, 9.17) is 4.74 Å². The fourth-order valence-corrected chi connectivity index (χ4v) is 4.51. The second-order valence-corrected chi connectivity index (χ2v) is 9.87. The molecule has 7 heteroatoms. The fraction of sp³-hybridized carbons (Fsp3) is 0.318. The molecule has 29 heavy (non-hydrogen) atoms. The lowest BCUT2D eigenvalue weighted by Gasteiger charge is -2.24. The Kier molecular flexibility index (Phi) is 5.71. The van der Waals surface area contributed by atoms with Crippen molar-refractivity contribution in [2.45, 2.75) is 44.6 Å². The summed E-state index contributed by atoms with van der Waals surface area (Å²) in [6.45, 7) is 7.39. The van der Waals surface area contributed by atoms with Crippen molar-refractivity contribution in [2.75, 3.05) is 10.8 Å². The molecule has 1 heterocycles. The van der Waals surface area contributed by atoms with E-state index in [9.17, 15) is 13.2 Å². The van der Waals surface area contributed by atoms with Crippen LogP contribution in [0.1, 0.15) is 31.9 Å². The number of nitrogens with zero attached hydrogens (tertiary/aromatic N) is 1. The Balaban J connectivity index is 1.94. The van der Waals surface area contributed by atoms with Crippen LogP contribution in [-0.2, 0) is 21.2 Å². The van der Waals surface area contributed by atoms with Gasteiger partial charge in [-0.05, 0) is 57.5 Å². The number of alkyl carbamates (subject to hydrolysis) is 1. The number of benzene rings is 2. The maximum Gasteiger partial charge on any atom is 0.411 e. The molecule has 1 amide bonds. The molecule has 1 aliphatic rings. The maximum absolute atomic E-state index is 13.3. The summed E-state index contributed by atoms with van der Waals surface area (Å²) >= 11 is 0. The molecule has 0 unspecified atom stereocenters. The third-order valence-electron chi connectivity index (χ3n) is 4.42. The van der Waals surface area contributed by atoms with E-state index in [0.29, 0.717) is 17.8 Å². The van der Waals surface area contributed by atoms with E-state index in [0.717, 1.165) is 11.1 Å². The van der Waals surface area contributed by atoms with Crippen LogP contribution in [0.15, 0.2) is 65.2 Å². The molecule has 0 aliphatic carbocycles. The van der Waals surface area contributed by atoms with Crippen molar-refractivity contribution in [3.8, 4) is 0 Å². The van der Waals surface area contributed by atoms with E-state index in [1.165, 1.54) is 4.31 Å². The Morgan fingerprint density at radius 3 is 2.38 bits per heavy atom. The number of carbonyl (C=O) groups is 1. The molecule has 0 aromatic heterocycles. The first kappa shape index (κ1) is 20.9. The van der Waals surface area contributed by atoms with Gasteiger partial charge < -0.3 is 4.74 Å². The van der Waals surface area contributed by atoms with Crippen LogP contribution in [0, 0.1) is 6.92 Å². The number of anilines is 1. The van der Waals surface area contributed by atoms with E-state index in [2.05, 4.69) is 5.32 Å². The first-order valence-electron chi connectivity index (χ1n) is 9.42. The standard InChI is InChI=1S/C22H26N2O4S/c1-16-9-11-19(12-10-16)29(26,27)24-14-13-18(23-21(25)28-22(2,3)4)15-17-7-5-6-8-20(17)24/h5-13H,14-15H2,1-4H3,(H,23,25). The first-order valence-corrected chi connectivity index (χ1v) is 10.9. The zero-order valence-electron chi connectivity index (χ0n) is 17.1. The highest BCUT2D eigenvalue weighted by molar-refractivity contribution is 7.92. The number of aryl methyl sites for hydroxylation is 1. The van der Waals surface area contributed by atoms with Gasteiger partial charge in [-0.25, -0.2) is 13.2 Å². The molecule has 154 valence electrons. The first-order chi connectivity index (χ1) is 13.6. The zero-order chi connectivity index (χ0) is 21.2. The van der Waals surface area contributed by atoms with Gasteiger partial charge in [0.15, 0.2) is 0 Å². The van der Waals surface area contributed by atoms with Crippen LogP contribution in [0.3, 0.4) is 0 Å². The van der Waals surface area contributed by atoms with Crippen LogP contribution >= 0.6 is 0 Å². The van der Waals surface area contributed by atoms with E-state index < -0.39 is 21.7 Å². The number of fused-ring (bicyclic) bond motifs is 1. The monoisotopic (exact) mass is 414 g/mol. The third-order valence-corrected chi connectivity index (χ3v) is 6.21. The summed E-state index contributed by atoms with van der Waals surface area (Å²) in [5.74, 6) is 0. The molecule has 0 spiro atoms. The lowest BCUT2D eigenvalue weighted by atomic mass is 10.1. The number of amides is 1. The van der Waals surface area contributed by atoms with Crippen molar-refractivity contribution in [2.24, 2.45) is 0 Å². The van der Waals surface area contributed by atoms with Gasteiger partial charge in [-0.2, -0.15) is 0 Å². The van der Waals surface area contributed by atoms with Gasteiger partial charge in [-0.1, -0.05) is 35.9 Å². The van der Waals surface area contributed by atoms with Crippen LogP contribution in [0.4, 0.5) is 10.5 Å². The molecule has 0 saturated carbocycles. The van der Waals surface area contributed by atoms with Gasteiger partial charge in [0.05, 0.1) is 17.1 Å². The van der Waals surface area contributed by atoms with Crippen LogP contribution in [0.2, 0.25) is 0 Å². The highest BCUT2D eigenvalue weighted by Gasteiger charge is 2.28. The Labute approximate surface area is 172 Å². The number of nitrogens with one attached hydrogen (secondary N) is 1. The van der Waals surface area contributed by atoms with Crippen molar-refractivity contribution in [1.29, 1.82) is 0 Å². The van der Waals surface area contributed by atoms with Gasteiger partial charge in [-0.15, -0.1) is 0 Å². The van der Waals surface area contributed by atoms with Crippen molar-refractivity contribution < 1.29 is 17.9 Å². The highest BCUT2D eigenvalue weighted by Crippen LogP contribution is 2.30. The second kappa shape index (κ2) is 7.91. The number of carbonyl (C=O) groups excluding carboxylic acids is 1. The average Bonchev–Trinajstić information content (AvgIpc) is 2.79. The summed E-state index contributed by atoms with van der Waals surface area (Å²) in [6.07, 6.45) is 1.56. The second-order valence-electron chi connectivity index (χ2n) is 8.01. The van der Waals surface area contributed by atoms with E-state index in [1.807, 2.05) is 25.1 Å². The smallest absolute Gasteiger partial charge is 0.411 e. The number of ether oxygens (including phenoxy) is 1. The summed E-state index contributed by atoms with van der Waals surface area (Å²) in [4.78, 5) is 12.4. The molecule has 0 saturated heterocycles. The van der Waals surface area contributed by atoms with Crippen LogP contribution in [-0.4, -0.2) is 26.7 Å². The average molecular weight is 415 g/mol. The SMILES string of the molecule is Cc1ccc(S(=O)(=O)N2CC=C(NC(=O)OC(C)(C)C)Cc3ccccc32)cc1. The van der Waals surface area contributed by atoms with Crippen molar-refractivity contribution >= 4 is 21.8 Å². The Morgan fingerprint density at radius 2 is 1.72 bits per heavy atom. The molecule has 3 rings (SSSR count). The van der Waals surface area contributed by atoms with Gasteiger partial charge >= 0.3 is 6.09 Å². The Morgan fingerprint density at radius 1 is 1.07 bits per heavy atom. The summed E-state index contributed by atoms with van der Waals surface area (Å²) in [5, 5.41) is 2.75. The molecule has 0 fully saturated rings. The quantitative estimate of drug-likeness (QED) is 0.818. The van der Waals surface area contributed by atoms with Crippen LogP contribution in [0.25, 0.3) is 0 Å². The largest absolute Gasteiger partial charge is 0.444 e. The minimum atomic E-state index is -3.75. The molecule has 2 aromatic rings. The third kappa shape index (κ3) is 4.98. The van der Waals surface area contributed by atoms with Crippen molar-refractivity contribution in [3.05, 3.63) is 71.4 Å². The normalized spacial score (nSPS) is 14.5. The minimum absolute atomic E-state index is 0.109. The predicted molar refractivity (Wildman–Crippen MR) is 113 cm³/mol. The Hall–Kier alpha value is -2.80. The maximum atomic E-state index is 13.3. The van der Waals surface area contributed by atoms with Crippen molar-refractivity contribution in [3.63, 3.8) is 0 Å². The number of sulfonamides is 1. The van der Waals surface area contributed by atoms with Crippen LogP contribution < -0.4 is 9.62 Å². The fourth-order valence-electron chi connectivity index (χ4n) is 3.07. The number of hydrogen-bond acceptors (Lipinski definition) is 4. The number of hydrogen-bond donors (Lipinski definition) is 1. The molecular formula is C22H26N2O4S. The van der Waals surface area contributed by atoms with E-state index in [-0.39, 0.29) is 11.4 Å². The van der Waals surface area contributed by atoms with E-state index in [1.54, 1.807) is 57.2 Å². The van der Waals surface area contributed by atoms with Gasteiger partial charge in [-0.3, -0.25) is 9.62 Å². The minimum Gasteiger partial charge on any atom is -0.444 e. The van der Waals surface area contributed by atoms with E-state index >= 15 is 0 Å². The number of allylic oxidation sites excluding steroid dienone is 1. The Bertz CT molecular complexity index is 1040. The zero-order valence-corrected chi connectivity index (χ0v) is 17.9. The van der Waals surface area contributed by atoms with Gasteiger partial charge in [0.25, 0.3) is 10.0 Å². The molecule has 0 bridgehead atoms. The molecule has 0 radical (unpaired) electrons. The number of para-hydroxylation sites is 1. The van der Waals surface area contributed by atoms with Gasteiger partial charge in [0.2, 0.25) is 0 Å². The molecule has 0 atom stereocenters. The molecule has 1 N–H and O–H groups in total. The summed E-state index contributed by atoms with van der Waals surface area (Å²) in [5.41, 5.74) is 2.39. The van der Waals surface area contributed by atoms with Crippen LogP contribution in [0.5, 0.6) is 0 Å². The summed E-state index contributed by atoms with van der Waals surface area (Å²) < 4.78 is 33.3. The topological polar surface area (TPSA) is 75.7 Å².